The van der Waals surface area contributed by atoms with Gasteiger partial charge in [-0.2, -0.15) is 0 Å². The van der Waals surface area contributed by atoms with Gasteiger partial charge < -0.3 is 11.5 Å². The Balaban J connectivity index is 4.39. The van der Waals surface area contributed by atoms with Crippen molar-refractivity contribution in [2.45, 2.75) is 19.8 Å². The second kappa shape index (κ2) is 5.59. The van der Waals surface area contributed by atoms with E-state index >= 15 is 0 Å². The quantitative estimate of drug-likeness (QED) is 0.602. The van der Waals surface area contributed by atoms with Gasteiger partial charge in [0.1, 0.15) is 0 Å². The zero-order valence-corrected chi connectivity index (χ0v) is 7.01. The van der Waals surface area contributed by atoms with Crippen LogP contribution in [0.25, 0.3) is 0 Å². The van der Waals surface area contributed by atoms with Crippen LogP contribution in [0.15, 0.2) is 36.2 Å². The largest absolute Gasteiger partial charge is 0.405 e. The van der Waals surface area contributed by atoms with Crippen LogP contribution < -0.4 is 11.5 Å². The Morgan fingerprint density at radius 1 is 1.55 bits per heavy atom. The molecule has 0 saturated heterocycles. The summed E-state index contributed by atoms with van der Waals surface area (Å²) in [5, 5.41) is 0. The first-order valence-corrected chi connectivity index (χ1v) is 3.75. The molecule has 2 nitrogen and oxygen atoms in total. The topological polar surface area (TPSA) is 52.0 Å². The summed E-state index contributed by atoms with van der Waals surface area (Å²) < 4.78 is 0. The molecule has 62 valence electrons. The highest BCUT2D eigenvalue weighted by molar-refractivity contribution is 5.32. The summed E-state index contributed by atoms with van der Waals surface area (Å²) >= 11 is 0. The molecule has 11 heavy (non-hydrogen) atoms. The normalized spacial score (nSPS) is 13.2. The van der Waals surface area contributed by atoms with Gasteiger partial charge in [0.15, 0.2) is 0 Å². The summed E-state index contributed by atoms with van der Waals surface area (Å²) in [5.74, 6) is 0. The molecular formula is C9H16N2. The Kier molecular flexibility index (Phi) is 4.99. The summed E-state index contributed by atoms with van der Waals surface area (Å²) in [5.41, 5.74) is 12.7. The molecule has 4 N–H and O–H groups in total. The third kappa shape index (κ3) is 3.50. The molecule has 0 aliphatic rings. The summed E-state index contributed by atoms with van der Waals surface area (Å²) in [6.07, 6.45) is 6.89. The fourth-order valence-corrected chi connectivity index (χ4v) is 0.824. The van der Waals surface area contributed by atoms with Crippen molar-refractivity contribution in [3.63, 3.8) is 0 Å². The van der Waals surface area contributed by atoms with Crippen LogP contribution in [0.1, 0.15) is 19.8 Å². The predicted molar refractivity (Wildman–Crippen MR) is 49.6 cm³/mol. The SMILES string of the molecule is C=CC(/C=C/N)=C(/N)CCC. The molecule has 0 aromatic heterocycles. The van der Waals surface area contributed by atoms with Gasteiger partial charge in [0.2, 0.25) is 0 Å². The van der Waals surface area contributed by atoms with E-state index < -0.39 is 0 Å². The van der Waals surface area contributed by atoms with Crippen molar-refractivity contribution < 1.29 is 0 Å². The molecule has 0 saturated carbocycles. The van der Waals surface area contributed by atoms with Crippen LogP contribution in [-0.2, 0) is 0 Å². The maximum absolute atomic E-state index is 5.73. The lowest BCUT2D eigenvalue weighted by Crippen LogP contribution is -1.99. The van der Waals surface area contributed by atoms with Crippen molar-refractivity contribution >= 4 is 0 Å². The summed E-state index contributed by atoms with van der Waals surface area (Å²) in [7, 11) is 0. The molecule has 0 spiro atoms. The molecule has 0 aliphatic carbocycles. The van der Waals surface area contributed by atoms with E-state index in [2.05, 4.69) is 13.5 Å². The maximum Gasteiger partial charge on any atom is 0.0154 e. The highest BCUT2D eigenvalue weighted by Crippen LogP contribution is 2.07. The average molecular weight is 152 g/mol. The van der Waals surface area contributed by atoms with E-state index in [1.807, 2.05) is 0 Å². The first kappa shape index (κ1) is 9.82. The first-order chi connectivity index (χ1) is 5.26. The number of hydrogen-bond acceptors (Lipinski definition) is 2. The van der Waals surface area contributed by atoms with Crippen LogP contribution in [0.3, 0.4) is 0 Å². The van der Waals surface area contributed by atoms with Crippen LogP contribution in [0.2, 0.25) is 0 Å². The molecule has 0 aromatic carbocycles. The smallest absolute Gasteiger partial charge is 0.0154 e. The Hall–Kier alpha value is -1.18. The van der Waals surface area contributed by atoms with Gasteiger partial charge in [-0.05, 0) is 24.3 Å². The van der Waals surface area contributed by atoms with Crippen molar-refractivity contribution in [2.75, 3.05) is 0 Å². The monoisotopic (exact) mass is 152 g/mol. The van der Waals surface area contributed by atoms with Crippen molar-refractivity contribution in [2.24, 2.45) is 11.5 Å². The fourth-order valence-electron chi connectivity index (χ4n) is 0.824. The average Bonchev–Trinajstić information content (AvgIpc) is 2.00. The van der Waals surface area contributed by atoms with E-state index in [1.165, 1.54) is 6.20 Å². The van der Waals surface area contributed by atoms with Gasteiger partial charge in [-0.15, -0.1) is 0 Å². The first-order valence-electron chi connectivity index (χ1n) is 3.75. The summed E-state index contributed by atoms with van der Waals surface area (Å²) in [6, 6.07) is 0. The summed E-state index contributed by atoms with van der Waals surface area (Å²) in [6.45, 7) is 5.72. The molecule has 0 unspecified atom stereocenters. The predicted octanol–water partition coefficient (Wildman–Crippen LogP) is 1.66. The number of nitrogens with two attached hydrogens (primary N) is 2. The van der Waals surface area contributed by atoms with Gasteiger partial charge in [-0.1, -0.05) is 26.0 Å². The minimum absolute atomic E-state index is 0.851. The van der Waals surface area contributed by atoms with Gasteiger partial charge in [-0.3, -0.25) is 0 Å². The molecule has 0 aromatic rings. The van der Waals surface area contributed by atoms with E-state index in [0.29, 0.717) is 0 Å². The van der Waals surface area contributed by atoms with E-state index in [9.17, 15) is 0 Å². The van der Waals surface area contributed by atoms with Crippen molar-refractivity contribution in [3.8, 4) is 0 Å². The van der Waals surface area contributed by atoms with Crippen LogP contribution in [0.5, 0.6) is 0 Å². The van der Waals surface area contributed by atoms with Crippen LogP contribution >= 0.6 is 0 Å². The second-order valence-corrected chi connectivity index (χ2v) is 2.29. The molecule has 0 rings (SSSR count). The molecule has 0 radical (unpaired) electrons. The zero-order chi connectivity index (χ0) is 8.69. The molecule has 0 fully saturated rings. The summed E-state index contributed by atoms with van der Waals surface area (Å²) in [4.78, 5) is 0. The number of rotatable bonds is 4. The maximum atomic E-state index is 5.73. The minimum Gasteiger partial charge on any atom is -0.405 e. The van der Waals surface area contributed by atoms with E-state index in [-0.39, 0.29) is 0 Å². The Labute approximate surface area is 68.3 Å². The van der Waals surface area contributed by atoms with Gasteiger partial charge in [0.25, 0.3) is 0 Å². The fraction of sp³-hybridized carbons (Fsp3) is 0.333. The second-order valence-electron chi connectivity index (χ2n) is 2.29. The Morgan fingerprint density at radius 2 is 2.18 bits per heavy atom. The Bertz CT molecular complexity index is 178. The molecule has 0 atom stereocenters. The number of allylic oxidation sites excluding steroid dienone is 4. The van der Waals surface area contributed by atoms with Crippen LogP contribution in [0.4, 0.5) is 0 Å². The third-order valence-electron chi connectivity index (χ3n) is 1.39. The minimum atomic E-state index is 0.851. The standard InChI is InChI=1S/C9H16N2/c1-3-5-9(11)8(4-2)6-7-10/h4,6-7H,2-3,5,10-11H2,1H3/b7-6+,9-8-. The lowest BCUT2D eigenvalue weighted by Gasteiger charge is -2.01. The van der Waals surface area contributed by atoms with Gasteiger partial charge >= 0.3 is 0 Å². The lowest BCUT2D eigenvalue weighted by atomic mass is 10.1. The molecular weight excluding hydrogens is 136 g/mol. The Morgan fingerprint density at radius 3 is 2.55 bits per heavy atom. The highest BCUT2D eigenvalue weighted by Gasteiger charge is 1.93. The number of hydrogen-bond donors (Lipinski definition) is 2. The van der Waals surface area contributed by atoms with Crippen molar-refractivity contribution in [1.82, 2.24) is 0 Å². The van der Waals surface area contributed by atoms with Crippen molar-refractivity contribution in [1.29, 1.82) is 0 Å². The molecule has 0 aliphatic heterocycles. The van der Waals surface area contributed by atoms with E-state index in [1.54, 1.807) is 12.2 Å². The van der Waals surface area contributed by atoms with E-state index in [4.69, 9.17) is 11.5 Å². The van der Waals surface area contributed by atoms with Crippen molar-refractivity contribution in [3.05, 3.63) is 36.2 Å². The molecule has 0 heterocycles. The van der Waals surface area contributed by atoms with Gasteiger partial charge in [0, 0.05) is 5.70 Å². The molecule has 2 heteroatoms. The van der Waals surface area contributed by atoms with Crippen LogP contribution in [-0.4, -0.2) is 0 Å². The van der Waals surface area contributed by atoms with E-state index in [0.717, 1.165) is 24.1 Å². The molecule has 0 amide bonds. The zero-order valence-electron chi connectivity index (χ0n) is 7.01. The third-order valence-corrected chi connectivity index (χ3v) is 1.39. The van der Waals surface area contributed by atoms with Gasteiger partial charge in [-0.25, -0.2) is 0 Å². The lowest BCUT2D eigenvalue weighted by molar-refractivity contribution is 0.886. The van der Waals surface area contributed by atoms with Crippen LogP contribution in [0, 0.1) is 0 Å². The highest BCUT2D eigenvalue weighted by atomic mass is 14.6. The molecule has 0 bridgehead atoms. The van der Waals surface area contributed by atoms with Gasteiger partial charge in [0.05, 0.1) is 0 Å².